The van der Waals surface area contributed by atoms with E-state index in [0.717, 1.165) is 0 Å². The Bertz CT molecular complexity index is 488. The van der Waals surface area contributed by atoms with Crippen molar-refractivity contribution in [2.24, 2.45) is 0 Å². The molecule has 1 aromatic heterocycles. The Balaban J connectivity index is 2.85. The van der Waals surface area contributed by atoms with Gasteiger partial charge in [0.25, 0.3) is 5.91 Å². The summed E-state index contributed by atoms with van der Waals surface area (Å²) in [5.41, 5.74) is -0.553. The van der Waals surface area contributed by atoms with Crippen molar-refractivity contribution in [1.29, 1.82) is 0 Å². The van der Waals surface area contributed by atoms with Crippen LogP contribution in [0.1, 0.15) is 23.7 Å². The van der Waals surface area contributed by atoms with E-state index in [1.54, 1.807) is 0 Å². The normalized spacial score (nSPS) is 10.6. The van der Waals surface area contributed by atoms with Crippen molar-refractivity contribution in [3.63, 3.8) is 0 Å². The van der Waals surface area contributed by atoms with Crippen molar-refractivity contribution in [2.45, 2.75) is 13.3 Å². The molecule has 0 bridgehead atoms. The number of carbonyl (C=O) groups excluding carboxylic acids is 1. The fourth-order valence-electron chi connectivity index (χ4n) is 1.32. The molecular weight excluding hydrogens is 258 g/mol. The molecule has 0 aromatic carbocycles. The molecule has 1 aromatic rings. The number of carbonyl (C=O) groups is 1. The molecule has 18 heavy (non-hydrogen) atoms. The van der Waals surface area contributed by atoms with Crippen LogP contribution in [-0.2, 0) is 0 Å². The second kappa shape index (κ2) is 6.70. The first-order valence-electron chi connectivity index (χ1n) is 5.26. The Hall–Kier alpha value is -1.95. The zero-order chi connectivity index (χ0) is 13.5. The summed E-state index contributed by atoms with van der Waals surface area (Å²) in [6, 6.07) is 1.27. The number of pyridine rings is 1. The van der Waals surface area contributed by atoms with E-state index in [2.05, 4.69) is 10.3 Å². The molecular formula is C11H12ClN3O3. The monoisotopic (exact) mass is 269 g/mol. The van der Waals surface area contributed by atoms with Crippen LogP contribution in [0.2, 0.25) is 5.15 Å². The van der Waals surface area contributed by atoms with Crippen LogP contribution in [-0.4, -0.2) is 22.4 Å². The van der Waals surface area contributed by atoms with Gasteiger partial charge in [0.1, 0.15) is 5.56 Å². The lowest BCUT2D eigenvalue weighted by atomic mass is 10.2. The van der Waals surface area contributed by atoms with E-state index in [9.17, 15) is 14.9 Å². The van der Waals surface area contributed by atoms with Crippen LogP contribution in [0.15, 0.2) is 24.4 Å². The Kier molecular flexibility index (Phi) is 5.26. The number of nitro groups is 1. The van der Waals surface area contributed by atoms with Gasteiger partial charge in [0, 0.05) is 12.7 Å². The predicted molar refractivity (Wildman–Crippen MR) is 67.7 cm³/mol. The van der Waals surface area contributed by atoms with Crippen LogP contribution in [0.3, 0.4) is 0 Å². The summed E-state index contributed by atoms with van der Waals surface area (Å²) < 4.78 is 0. The minimum absolute atomic E-state index is 0.0829. The van der Waals surface area contributed by atoms with Gasteiger partial charge in [-0.25, -0.2) is 4.98 Å². The Labute approximate surface area is 109 Å². The van der Waals surface area contributed by atoms with Gasteiger partial charge in [0.15, 0.2) is 0 Å². The number of rotatable bonds is 5. The second-order valence-corrected chi connectivity index (χ2v) is 3.73. The van der Waals surface area contributed by atoms with Crippen LogP contribution in [0.4, 0.5) is 5.69 Å². The molecule has 0 unspecified atom stereocenters. The van der Waals surface area contributed by atoms with Crippen LogP contribution >= 0.6 is 11.6 Å². The van der Waals surface area contributed by atoms with E-state index >= 15 is 0 Å². The molecule has 0 saturated carbocycles. The van der Waals surface area contributed by atoms with E-state index in [1.165, 1.54) is 12.3 Å². The maximum absolute atomic E-state index is 11.8. The Morgan fingerprint density at radius 1 is 1.67 bits per heavy atom. The van der Waals surface area contributed by atoms with Crippen molar-refractivity contribution < 1.29 is 9.72 Å². The SMILES string of the molecule is C/C=C/CCNC(=O)c1ccnc(Cl)c1[N+](=O)[O-]. The number of amides is 1. The van der Waals surface area contributed by atoms with Gasteiger partial charge in [-0.15, -0.1) is 0 Å². The van der Waals surface area contributed by atoms with E-state index in [1.807, 2.05) is 19.1 Å². The highest BCUT2D eigenvalue weighted by Crippen LogP contribution is 2.25. The number of hydrogen-bond donors (Lipinski definition) is 1. The predicted octanol–water partition coefficient (Wildman–Crippen LogP) is 2.34. The number of hydrogen-bond acceptors (Lipinski definition) is 4. The van der Waals surface area contributed by atoms with E-state index in [0.29, 0.717) is 13.0 Å². The fourth-order valence-corrected chi connectivity index (χ4v) is 1.54. The Morgan fingerprint density at radius 3 is 3.00 bits per heavy atom. The zero-order valence-corrected chi connectivity index (χ0v) is 10.5. The highest BCUT2D eigenvalue weighted by Gasteiger charge is 2.24. The smallest absolute Gasteiger partial charge is 0.319 e. The van der Waals surface area contributed by atoms with Crippen molar-refractivity contribution in [3.05, 3.63) is 45.2 Å². The molecule has 1 rings (SSSR count). The van der Waals surface area contributed by atoms with Crippen molar-refractivity contribution in [1.82, 2.24) is 10.3 Å². The molecule has 96 valence electrons. The molecule has 1 amide bonds. The minimum Gasteiger partial charge on any atom is -0.352 e. The summed E-state index contributed by atoms with van der Waals surface area (Å²) >= 11 is 5.61. The van der Waals surface area contributed by atoms with Gasteiger partial charge in [-0.1, -0.05) is 23.8 Å². The summed E-state index contributed by atoms with van der Waals surface area (Å²) in [6.07, 6.45) is 5.66. The molecule has 0 atom stereocenters. The summed E-state index contributed by atoms with van der Waals surface area (Å²) in [4.78, 5) is 25.4. The first-order valence-corrected chi connectivity index (χ1v) is 5.64. The highest BCUT2D eigenvalue weighted by molar-refractivity contribution is 6.32. The molecule has 0 fully saturated rings. The third kappa shape index (κ3) is 3.53. The molecule has 0 spiro atoms. The average Bonchev–Trinajstić information content (AvgIpc) is 2.33. The van der Waals surface area contributed by atoms with Crippen molar-refractivity contribution >= 4 is 23.2 Å². The van der Waals surface area contributed by atoms with Crippen LogP contribution in [0.5, 0.6) is 0 Å². The quantitative estimate of drug-likeness (QED) is 0.292. The number of allylic oxidation sites excluding steroid dienone is 1. The number of nitrogens with zero attached hydrogens (tertiary/aromatic N) is 2. The summed E-state index contributed by atoms with van der Waals surface area (Å²) in [5, 5.41) is 13.1. The number of aromatic nitrogens is 1. The van der Waals surface area contributed by atoms with Crippen molar-refractivity contribution in [3.8, 4) is 0 Å². The lowest BCUT2D eigenvalue weighted by Crippen LogP contribution is -2.25. The van der Waals surface area contributed by atoms with Crippen LogP contribution < -0.4 is 5.32 Å². The molecule has 0 aliphatic carbocycles. The van der Waals surface area contributed by atoms with E-state index < -0.39 is 16.5 Å². The molecule has 0 radical (unpaired) electrons. The summed E-state index contributed by atoms with van der Waals surface area (Å²) in [5.74, 6) is -0.532. The fraction of sp³-hybridized carbons (Fsp3) is 0.273. The van der Waals surface area contributed by atoms with Gasteiger partial charge in [-0.2, -0.15) is 0 Å². The molecule has 6 nitrogen and oxygen atoms in total. The third-order valence-corrected chi connectivity index (χ3v) is 2.42. The minimum atomic E-state index is -0.712. The van der Waals surface area contributed by atoms with Gasteiger partial charge in [0.2, 0.25) is 5.15 Å². The first kappa shape index (κ1) is 14.1. The Morgan fingerprint density at radius 2 is 2.39 bits per heavy atom. The van der Waals surface area contributed by atoms with Gasteiger partial charge in [-0.05, 0) is 19.4 Å². The topological polar surface area (TPSA) is 85.1 Å². The van der Waals surface area contributed by atoms with Gasteiger partial charge in [0.05, 0.1) is 4.92 Å². The molecule has 0 saturated heterocycles. The van der Waals surface area contributed by atoms with E-state index in [-0.39, 0.29) is 10.7 Å². The molecule has 1 N–H and O–H groups in total. The van der Waals surface area contributed by atoms with Gasteiger partial charge < -0.3 is 5.32 Å². The summed E-state index contributed by atoms with van der Waals surface area (Å²) in [7, 11) is 0. The van der Waals surface area contributed by atoms with Gasteiger partial charge >= 0.3 is 5.69 Å². The maximum atomic E-state index is 11.8. The second-order valence-electron chi connectivity index (χ2n) is 3.37. The van der Waals surface area contributed by atoms with Crippen LogP contribution in [0, 0.1) is 10.1 Å². The zero-order valence-electron chi connectivity index (χ0n) is 9.72. The highest BCUT2D eigenvalue weighted by atomic mass is 35.5. The average molecular weight is 270 g/mol. The third-order valence-electron chi connectivity index (χ3n) is 2.14. The number of nitrogens with one attached hydrogen (secondary N) is 1. The first-order chi connectivity index (χ1) is 8.57. The van der Waals surface area contributed by atoms with Gasteiger partial charge in [-0.3, -0.25) is 14.9 Å². The molecule has 0 aliphatic heterocycles. The standard InChI is InChI=1S/C11H12ClN3O3/c1-2-3-4-6-14-11(16)8-5-7-13-10(12)9(8)15(17)18/h2-3,5,7H,4,6H2,1H3,(H,14,16)/b3-2+. The largest absolute Gasteiger partial charge is 0.352 e. The lowest BCUT2D eigenvalue weighted by molar-refractivity contribution is -0.385. The lowest BCUT2D eigenvalue weighted by Gasteiger charge is -2.04. The number of halogens is 1. The van der Waals surface area contributed by atoms with Crippen LogP contribution in [0.25, 0.3) is 0 Å². The molecule has 0 aliphatic rings. The molecule has 1 heterocycles. The van der Waals surface area contributed by atoms with E-state index in [4.69, 9.17) is 11.6 Å². The molecule has 7 heteroatoms. The summed E-state index contributed by atoms with van der Waals surface area (Å²) in [6.45, 7) is 2.27. The van der Waals surface area contributed by atoms with Crippen molar-refractivity contribution in [2.75, 3.05) is 6.54 Å². The maximum Gasteiger partial charge on any atom is 0.319 e.